The Kier molecular flexibility index (Phi) is 24.4. The van der Waals surface area contributed by atoms with Gasteiger partial charge in [0.1, 0.15) is 0 Å². The summed E-state index contributed by atoms with van der Waals surface area (Å²) in [6.45, 7) is 0. The summed E-state index contributed by atoms with van der Waals surface area (Å²) in [6, 6.07) is 0. The molecule has 0 amide bonds. The molecule has 0 fully saturated rings. The van der Waals surface area contributed by atoms with Crippen molar-refractivity contribution in [3.63, 3.8) is 0 Å². The molecule has 0 aromatic carbocycles. The van der Waals surface area contributed by atoms with E-state index >= 15 is 0 Å². The Bertz CT molecular complexity index is 83.4. The van der Waals surface area contributed by atoms with Gasteiger partial charge in [0.05, 0.1) is 0 Å². The first-order valence-corrected chi connectivity index (χ1v) is 2.96. The molecule has 0 heterocycles. The summed E-state index contributed by atoms with van der Waals surface area (Å²) in [5.74, 6) is 0. The van der Waals surface area contributed by atoms with Crippen molar-refractivity contribution in [2.75, 3.05) is 0 Å². The van der Waals surface area contributed by atoms with Gasteiger partial charge in [-0.25, -0.2) is 0 Å². The number of hydrogen-bond donors (Lipinski definition) is 0. The molecule has 6 heteroatoms. The fourth-order valence-electron chi connectivity index (χ4n) is 0. The van der Waals surface area contributed by atoms with Gasteiger partial charge in [0, 0.05) is 0 Å². The van der Waals surface area contributed by atoms with Crippen LogP contribution in [0.1, 0.15) is 2.85 Å². The molecule has 0 rings (SSSR count). The van der Waals surface area contributed by atoms with Gasteiger partial charge in [-0.3, -0.25) is 0 Å². The second kappa shape index (κ2) is 9.26. The maximum absolute atomic E-state index is 8.59. The van der Waals surface area contributed by atoms with Crippen LogP contribution in [0.5, 0.6) is 0 Å². The van der Waals surface area contributed by atoms with Crippen molar-refractivity contribution < 1.29 is 35.7 Å². The zero-order valence-electron chi connectivity index (χ0n) is 4.84. The zero-order valence-corrected chi connectivity index (χ0v) is 6.26. The molecule has 0 aliphatic rings. The third-order valence-electron chi connectivity index (χ3n) is 0. The van der Waals surface area contributed by atoms with Crippen LogP contribution < -0.4 is 0 Å². The first kappa shape index (κ1) is 15.8. The van der Waals surface area contributed by atoms with Gasteiger partial charge in [0.25, 0.3) is 0 Å². The summed E-state index contributed by atoms with van der Waals surface area (Å²) < 4.78 is 25.8. The Labute approximate surface area is 58.8 Å². The third kappa shape index (κ3) is 106. The molecule has 0 unspecified atom stereocenters. The van der Waals surface area contributed by atoms with Crippen LogP contribution in [0.3, 0.4) is 0 Å². The molecule has 0 saturated heterocycles. The molecule has 0 radical (unpaired) electrons. The normalized spacial score (nSPS) is 4.00. The summed E-state index contributed by atoms with van der Waals surface area (Å²) in [6.07, 6.45) is 0. The van der Waals surface area contributed by atoms with Crippen molar-refractivity contribution in [2.45, 2.75) is 0 Å². The molecule has 6 heavy (non-hydrogen) atoms. The van der Waals surface area contributed by atoms with Crippen molar-refractivity contribution in [1.29, 1.82) is 0 Å². The Morgan fingerprint density at radius 1 is 1.17 bits per heavy atom. The number of rotatable bonds is 0. The number of hydrogen-bond acceptors (Lipinski definition) is 3. The van der Waals surface area contributed by atoms with E-state index < -0.39 is 17.2 Å². The van der Waals surface area contributed by atoms with Gasteiger partial charge in [-0.15, -0.1) is 0 Å². The quantitative estimate of drug-likeness (QED) is 0.441. The third-order valence-corrected chi connectivity index (χ3v) is 0. The van der Waals surface area contributed by atoms with Crippen LogP contribution in [0.15, 0.2) is 0 Å². The first-order valence-electron chi connectivity index (χ1n) is 0.500. The fraction of sp³-hybridized carbons (Fsp3) is 0. The standard InChI is InChI=1S/Mg.Mo.H2O.3O.2H/h;;1H2;;;;;/q+2;;;;;;2*-1. The molecule has 0 aromatic rings. The molecular formula is H4MgMoO4. The second-order valence-electron chi connectivity index (χ2n) is 0.204. The van der Waals surface area contributed by atoms with Crippen LogP contribution in [0.25, 0.3) is 0 Å². The minimum absolute atomic E-state index is 0. The van der Waals surface area contributed by atoms with Crippen LogP contribution in [-0.2, 0) is 27.4 Å². The predicted molar refractivity (Wildman–Crippen MR) is 13.7 cm³/mol. The van der Waals surface area contributed by atoms with Crippen LogP contribution in [0.4, 0.5) is 0 Å². The molecule has 0 spiro atoms. The molecule has 4 nitrogen and oxygen atoms in total. The van der Waals surface area contributed by atoms with Crippen LogP contribution in [0.2, 0.25) is 0 Å². The van der Waals surface area contributed by atoms with E-state index in [9.17, 15) is 0 Å². The van der Waals surface area contributed by atoms with Gasteiger partial charge in [0.2, 0.25) is 0 Å². The average Bonchev–Trinajstić information content (AvgIpc) is 0.811. The van der Waals surface area contributed by atoms with Gasteiger partial charge < -0.3 is 8.33 Å². The van der Waals surface area contributed by atoms with Crippen molar-refractivity contribution in [2.24, 2.45) is 0 Å². The summed E-state index contributed by atoms with van der Waals surface area (Å²) >= 11 is -4.11. The van der Waals surface area contributed by atoms with Gasteiger partial charge >= 0.3 is 50.4 Å². The Morgan fingerprint density at radius 3 is 1.17 bits per heavy atom. The van der Waals surface area contributed by atoms with Gasteiger partial charge in [0.15, 0.2) is 0 Å². The predicted octanol–water partition coefficient (Wildman–Crippen LogP) is -1.34. The SMILES string of the molecule is O.[H-].[H-].[Mg+2].[O]=[Mo](=[O])=[O]. The van der Waals surface area contributed by atoms with Gasteiger partial charge in [-0.05, 0) is 0 Å². The zero-order chi connectivity index (χ0) is 3.58. The molecule has 0 aliphatic heterocycles. The molecule has 0 aliphatic carbocycles. The summed E-state index contributed by atoms with van der Waals surface area (Å²) in [5.41, 5.74) is 0. The van der Waals surface area contributed by atoms with Crippen molar-refractivity contribution in [1.82, 2.24) is 0 Å². The molecular weight excluding hydrogens is 184 g/mol. The molecule has 0 atom stereocenters. The van der Waals surface area contributed by atoms with E-state index in [4.69, 9.17) is 10.2 Å². The van der Waals surface area contributed by atoms with Crippen LogP contribution >= 0.6 is 0 Å². The molecule has 0 saturated carbocycles. The minimum atomic E-state index is -4.11. The van der Waals surface area contributed by atoms with Crippen molar-refractivity contribution in [3.8, 4) is 0 Å². The molecule has 36 valence electrons. The maximum atomic E-state index is 8.59. The van der Waals surface area contributed by atoms with Crippen molar-refractivity contribution >= 4 is 23.1 Å². The van der Waals surface area contributed by atoms with E-state index in [-0.39, 0.29) is 31.4 Å². The van der Waals surface area contributed by atoms with Gasteiger partial charge in [-0.1, -0.05) is 0 Å². The van der Waals surface area contributed by atoms with E-state index in [2.05, 4.69) is 0 Å². The van der Waals surface area contributed by atoms with Crippen LogP contribution in [-0.4, -0.2) is 28.5 Å². The van der Waals surface area contributed by atoms with Gasteiger partial charge in [-0.2, -0.15) is 0 Å². The summed E-state index contributed by atoms with van der Waals surface area (Å²) in [5, 5.41) is 0. The van der Waals surface area contributed by atoms with Crippen molar-refractivity contribution in [3.05, 3.63) is 0 Å². The molecule has 2 N–H and O–H groups in total. The second-order valence-corrected chi connectivity index (χ2v) is 1.21. The molecule has 0 aromatic heterocycles. The summed E-state index contributed by atoms with van der Waals surface area (Å²) in [4.78, 5) is 0. The Hall–Kier alpha value is 0.815. The first-order chi connectivity index (χ1) is 1.73. The molecule has 0 bridgehead atoms. The van der Waals surface area contributed by atoms with E-state index in [1.165, 1.54) is 0 Å². The Morgan fingerprint density at radius 2 is 1.17 bits per heavy atom. The van der Waals surface area contributed by atoms with E-state index in [0.717, 1.165) is 0 Å². The summed E-state index contributed by atoms with van der Waals surface area (Å²) in [7, 11) is 0. The topological polar surface area (TPSA) is 82.7 Å². The van der Waals surface area contributed by atoms with E-state index in [1.54, 1.807) is 0 Å². The monoisotopic (exact) mass is 190 g/mol. The Balaban J connectivity index is -0.00000000750. The average molecular weight is 188 g/mol. The van der Waals surface area contributed by atoms with E-state index in [0.29, 0.717) is 0 Å². The van der Waals surface area contributed by atoms with Crippen LogP contribution in [0, 0.1) is 0 Å². The van der Waals surface area contributed by atoms with E-state index in [1.807, 2.05) is 0 Å². The fourth-order valence-corrected chi connectivity index (χ4v) is 0.